The number of hydrogen-bond acceptors (Lipinski definition) is 3. The lowest BCUT2D eigenvalue weighted by Crippen LogP contribution is -2.55. The fraction of sp³-hybridized carbons (Fsp3) is 0.846. The van der Waals surface area contributed by atoms with Gasteiger partial charge in [-0.3, -0.25) is 4.90 Å². The zero-order valence-corrected chi connectivity index (χ0v) is 11.4. The van der Waals surface area contributed by atoms with Crippen molar-refractivity contribution < 1.29 is 19.4 Å². The number of rotatable bonds is 2. The average Bonchev–Trinajstić information content (AvgIpc) is 2.86. The molecule has 2 rings (SSSR count). The number of ether oxygens (including phenoxy) is 1. The van der Waals surface area contributed by atoms with Crippen LogP contribution in [0.15, 0.2) is 0 Å². The summed E-state index contributed by atoms with van der Waals surface area (Å²) in [7, 11) is 0. The Labute approximate surface area is 107 Å². The molecule has 5 heteroatoms. The molecule has 0 bridgehead atoms. The molecule has 1 aliphatic heterocycles. The minimum absolute atomic E-state index is 0.0656. The summed E-state index contributed by atoms with van der Waals surface area (Å²) in [5.41, 5.74) is -1.65. The normalized spacial score (nSPS) is 34.1. The molecule has 1 saturated heterocycles. The first-order valence-corrected chi connectivity index (χ1v) is 6.47. The highest BCUT2D eigenvalue weighted by Crippen LogP contribution is 2.54. The van der Waals surface area contributed by atoms with Crippen LogP contribution in [0.1, 0.15) is 47.0 Å². The van der Waals surface area contributed by atoms with Crippen molar-refractivity contribution in [2.45, 2.75) is 64.1 Å². The van der Waals surface area contributed by atoms with E-state index in [2.05, 4.69) is 0 Å². The largest absolute Gasteiger partial charge is 0.479 e. The van der Waals surface area contributed by atoms with Crippen LogP contribution in [0.4, 0.5) is 4.79 Å². The van der Waals surface area contributed by atoms with Gasteiger partial charge in [0.2, 0.25) is 0 Å². The summed E-state index contributed by atoms with van der Waals surface area (Å²) in [5.74, 6) is -0.573. The van der Waals surface area contributed by atoms with Crippen molar-refractivity contribution in [3.05, 3.63) is 0 Å². The van der Waals surface area contributed by atoms with Gasteiger partial charge in [-0.05, 0) is 46.0 Å². The van der Waals surface area contributed by atoms with Gasteiger partial charge in [-0.1, -0.05) is 6.92 Å². The maximum atomic E-state index is 12.2. The Hall–Kier alpha value is -1.26. The quantitative estimate of drug-likeness (QED) is 0.821. The van der Waals surface area contributed by atoms with Gasteiger partial charge in [0.25, 0.3) is 0 Å². The predicted octanol–water partition coefficient (Wildman–Crippen LogP) is 2.25. The molecule has 1 heterocycles. The molecule has 1 N–H and O–H groups in total. The van der Waals surface area contributed by atoms with Gasteiger partial charge in [0, 0.05) is 6.04 Å². The summed E-state index contributed by atoms with van der Waals surface area (Å²) in [4.78, 5) is 25.2. The van der Waals surface area contributed by atoms with Gasteiger partial charge in [-0.15, -0.1) is 0 Å². The Morgan fingerprint density at radius 1 is 1.44 bits per heavy atom. The fourth-order valence-corrected chi connectivity index (χ4v) is 2.89. The number of likely N-dealkylation sites (tertiary alicyclic amines) is 1. The summed E-state index contributed by atoms with van der Waals surface area (Å²) in [6, 6.07) is 0.0656. The van der Waals surface area contributed by atoms with E-state index in [1.165, 1.54) is 4.90 Å². The molecular formula is C13H21NO4. The van der Waals surface area contributed by atoms with E-state index in [0.29, 0.717) is 18.8 Å². The summed E-state index contributed by atoms with van der Waals surface area (Å²) < 4.78 is 5.35. The number of aliphatic carboxylic acids is 1. The molecule has 3 atom stereocenters. The standard InChI is InChI=1S/C13H21NO4/c1-5-13(10(15)16)7-8-6-9(8)14(13)11(17)18-12(2,3)4/h8-9H,5-7H2,1-4H3,(H,15,16)/t8?,9?,13-/m1/s1. The second kappa shape index (κ2) is 3.87. The number of piperidine rings is 1. The molecule has 0 radical (unpaired) electrons. The number of nitrogens with zero attached hydrogens (tertiary/aromatic N) is 1. The molecule has 2 fully saturated rings. The molecular weight excluding hydrogens is 234 g/mol. The summed E-state index contributed by atoms with van der Waals surface area (Å²) in [6.07, 6.45) is 1.41. The van der Waals surface area contributed by atoms with Gasteiger partial charge >= 0.3 is 12.1 Å². The maximum absolute atomic E-state index is 12.2. The molecule has 2 unspecified atom stereocenters. The van der Waals surface area contributed by atoms with Crippen LogP contribution in [0, 0.1) is 5.92 Å². The van der Waals surface area contributed by atoms with Crippen LogP contribution in [-0.4, -0.2) is 39.3 Å². The van der Waals surface area contributed by atoms with E-state index in [1.807, 2.05) is 6.92 Å². The first-order chi connectivity index (χ1) is 8.21. The summed E-state index contributed by atoms with van der Waals surface area (Å²) in [5, 5.41) is 9.47. The molecule has 0 aromatic heterocycles. The second-order valence-electron chi connectivity index (χ2n) is 6.31. The molecule has 18 heavy (non-hydrogen) atoms. The number of carboxylic acids is 1. The van der Waals surface area contributed by atoms with Gasteiger partial charge in [-0.25, -0.2) is 9.59 Å². The Kier molecular flexibility index (Phi) is 2.83. The van der Waals surface area contributed by atoms with Crippen LogP contribution < -0.4 is 0 Å². The first kappa shape index (κ1) is 13.2. The van der Waals surface area contributed by atoms with E-state index in [0.717, 1.165) is 6.42 Å². The third-order valence-corrected chi connectivity index (χ3v) is 3.85. The van der Waals surface area contributed by atoms with Crippen molar-refractivity contribution >= 4 is 12.1 Å². The van der Waals surface area contributed by atoms with Gasteiger partial charge < -0.3 is 9.84 Å². The number of carboxylic acid groups (broad SMARTS) is 1. The Morgan fingerprint density at radius 3 is 2.50 bits per heavy atom. The zero-order valence-electron chi connectivity index (χ0n) is 11.4. The zero-order chi connectivity index (χ0) is 13.7. The first-order valence-electron chi connectivity index (χ1n) is 6.47. The molecule has 0 spiro atoms. The molecule has 1 aliphatic carbocycles. The topological polar surface area (TPSA) is 66.8 Å². The highest BCUT2D eigenvalue weighted by Gasteiger charge is 2.65. The Balaban J connectivity index is 2.23. The van der Waals surface area contributed by atoms with Gasteiger partial charge in [-0.2, -0.15) is 0 Å². The van der Waals surface area contributed by atoms with Crippen LogP contribution in [0.25, 0.3) is 0 Å². The van der Waals surface area contributed by atoms with E-state index >= 15 is 0 Å². The monoisotopic (exact) mass is 255 g/mol. The Morgan fingerprint density at radius 2 is 2.06 bits per heavy atom. The highest BCUT2D eigenvalue weighted by atomic mass is 16.6. The number of fused-ring (bicyclic) bond motifs is 1. The number of hydrogen-bond donors (Lipinski definition) is 1. The fourth-order valence-electron chi connectivity index (χ4n) is 2.89. The summed E-state index contributed by atoms with van der Waals surface area (Å²) in [6.45, 7) is 7.19. The second-order valence-corrected chi connectivity index (χ2v) is 6.31. The van der Waals surface area contributed by atoms with Gasteiger partial charge in [0.1, 0.15) is 11.1 Å². The van der Waals surface area contributed by atoms with Crippen molar-refractivity contribution in [1.82, 2.24) is 4.90 Å². The van der Waals surface area contributed by atoms with Crippen molar-refractivity contribution in [2.24, 2.45) is 5.92 Å². The molecule has 2 aliphatic rings. The Bertz CT molecular complexity index is 387. The molecule has 1 saturated carbocycles. The van der Waals surface area contributed by atoms with Crippen LogP contribution in [-0.2, 0) is 9.53 Å². The molecule has 1 amide bonds. The van der Waals surface area contributed by atoms with E-state index in [1.54, 1.807) is 20.8 Å². The molecule has 5 nitrogen and oxygen atoms in total. The smallest absolute Gasteiger partial charge is 0.411 e. The summed E-state index contributed by atoms with van der Waals surface area (Å²) >= 11 is 0. The maximum Gasteiger partial charge on any atom is 0.411 e. The number of carbonyl (C=O) groups excluding carboxylic acids is 1. The lowest BCUT2D eigenvalue weighted by molar-refractivity contribution is -0.150. The van der Waals surface area contributed by atoms with Crippen molar-refractivity contribution in [1.29, 1.82) is 0 Å². The third kappa shape index (κ3) is 1.95. The van der Waals surface area contributed by atoms with Crippen molar-refractivity contribution in [2.75, 3.05) is 0 Å². The van der Waals surface area contributed by atoms with Gasteiger partial charge in [0.15, 0.2) is 0 Å². The average molecular weight is 255 g/mol. The lowest BCUT2D eigenvalue weighted by Gasteiger charge is -2.37. The van der Waals surface area contributed by atoms with E-state index < -0.39 is 23.2 Å². The van der Waals surface area contributed by atoms with Crippen molar-refractivity contribution in [3.63, 3.8) is 0 Å². The SMILES string of the molecule is CC[C@]1(C(=O)O)CC2CC2N1C(=O)OC(C)(C)C. The third-order valence-electron chi connectivity index (χ3n) is 3.85. The highest BCUT2D eigenvalue weighted by molar-refractivity contribution is 5.86. The lowest BCUT2D eigenvalue weighted by atomic mass is 9.91. The van der Waals surface area contributed by atoms with Crippen molar-refractivity contribution in [3.8, 4) is 0 Å². The van der Waals surface area contributed by atoms with E-state index in [9.17, 15) is 14.7 Å². The van der Waals surface area contributed by atoms with Crippen LogP contribution in [0.3, 0.4) is 0 Å². The van der Waals surface area contributed by atoms with Crippen LogP contribution >= 0.6 is 0 Å². The van der Waals surface area contributed by atoms with Crippen LogP contribution in [0.2, 0.25) is 0 Å². The predicted molar refractivity (Wildman–Crippen MR) is 65.2 cm³/mol. The van der Waals surface area contributed by atoms with E-state index in [-0.39, 0.29) is 6.04 Å². The molecule has 0 aromatic rings. The molecule has 102 valence electrons. The molecule has 0 aromatic carbocycles. The minimum Gasteiger partial charge on any atom is -0.479 e. The number of amides is 1. The number of carbonyl (C=O) groups is 2. The minimum atomic E-state index is -1.06. The van der Waals surface area contributed by atoms with Crippen LogP contribution in [0.5, 0.6) is 0 Å². The van der Waals surface area contributed by atoms with E-state index in [4.69, 9.17) is 4.74 Å². The van der Waals surface area contributed by atoms with Gasteiger partial charge in [0.05, 0.1) is 0 Å².